The smallest absolute Gasteiger partial charge is 0.261 e. The summed E-state index contributed by atoms with van der Waals surface area (Å²) in [6.07, 6.45) is 1.00. The van der Waals surface area contributed by atoms with E-state index in [4.69, 9.17) is 4.74 Å². The van der Waals surface area contributed by atoms with Gasteiger partial charge in [0.25, 0.3) is 5.91 Å². The van der Waals surface area contributed by atoms with Crippen LogP contribution in [0.25, 0.3) is 0 Å². The molecule has 5 nitrogen and oxygen atoms in total. The molecule has 0 spiro atoms. The van der Waals surface area contributed by atoms with Crippen LogP contribution in [0.1, 0.15) is 27.9 Å². The number of ether oxygens (including phenoxy) is 1. The van der Waals surface area contributed by atoms with Gasteiger partial charge in [0.05, 0.1) is 18.0 Å². The van der Waals surface area contributed by atoms with E-state index in [1.165, 1.54) is 11.3 Å². The number of likely N-dealkylation sites (N-methyl/N-ethyl adjacent to an activating group) is 1. The van der Waals surface area contributed by atoms with E-state index in [2.05, 4.69) is 5.32 Å². The SMILES string of the molecule is CCN(C[C@@H]1CCOC1)C(=O)CNC(=O)c1ccc(C)s1. The van der Waals surface area contributed by atoms with Crippen LogP contribution in [0, 0.1) is 12.8 Å². The summed E-state index contributed by atoms with van der Waals surface area (Å²) in [7, 11) is 0. The fraction of sp³-hybridized carbons (Fsp3) is 0.600. The Kier molecular flexibility index (Phi) is 5.76. The first-order valence-electron chi connectivity index (χ1n) is 7.30. The number of aryl methyl sites for hydroxylation is 1. The summed E-state index contributed by atoms with van der Waals surface area (Å²) in [4.78, 5) is 27.6. The zero-order chi connectivity index (χ0) is 15.2. The van der Waals surface area contributed by atoms with E-state index in [0.29, 0.717) is 23.9 Å². The number of nitrogens with zero attached hydrogens (tertiary/aromatic N) is 1. The summed E-state index contributed by atoms with van der Waals surface area (Å²) < 4.78 is 5.33. The first kappa shape index (κ1) is 16.0. The average Bonchev–Trinajstić information content (AvgIpc) is 3.13. The highest BCUT2D eigenvalue weighted by molar-refractivity contribution is 7.13. The molecule has 1 N–H and O–H groups in total. The molecule has 0 unspecified atom stereocenters. The molecule has 6 heteroatoms. The number of nitrogens with one attached hydrogen (secondary N) is 1. The fourth-order valence-electron chi connectivity index (χ4n) is 2.36. The molecule has 2 amide bonds. The van der Waals surface area contributed by atoms with Crippen molar-refractivity contribution < 1.29 is 14.3 Å². The Morgan fingerprint density at radius 3 is 2.86 bits per heavy atom. The van der Waals surface area contributed by atoms with Gasteiger partial charge in [-0.25, -0.2) is 0 Å². The molecule has 0 saturated carbocycles. The van der Waals surface area contributed by atoms with Crippen LogP contribution in [-0.2, 0) is 9.53 Å². The molecule has 21 heavy (non-hydrogen) atoms. The molecule has 1 aromatic rings. The topological polar surface area (TPSA) is 58.6 Å². The van der Waals surface area contributed by atoms with Gasteiger partial charge < -0.3 is 15.0 Å². The highest BCUT2D eigenvalue weighted by atomic mass is 32.1. The van der Waals surface area contributed by atoms with Crippen LogP contribution < -0.4 is 5.32 Å². The van der Waals surface area contributed by atoms with Gasteiger partial charge in [-0.15, -0.1) is 11.3 Å². The average molecular weight is 310 g/mol. The zero-order valence-corrected chi connectivity index (χ0v) is 13.4. The van der Waals surface area contributed by atoms with Gasteiger partial charge in [0.1, 0.15) is 0 Å². The second kappa shape index (κ2) is 7.56. The molecule has 1 fully saturated rings. The van der Waals surface area contributed by atoms with Crippen molar-refractivity contribution in [2.24, 2.45) is 5.92 Å². The van der Waals surface area contributed by atoms with Gasteiger partial charge in [-0.1, -0.05) is 0 Å². The number of rotatable bonds is 6. The molecule has 1 aliphatic rings. The lowest BCUT2D eigenvalue weighted by atomic mass is 10.1. The maximum atomic E-state index is 12.2. The van der Waals surface area contributed by atoms with E-state index in [9.17, 15) is 9.59 Å². The third kappa shape index (κ3) is 4.54. The third-order valence-electron chi connectivity index (χ3n) is 3.60. The van der Waals surface area contributed by atoms with Crippen molar-refractivity contribution in [2.75, 3.05) is 32.8 Å². The van der Waals surface area contributed by atoms with Crippen LogP contribution in [0.2, 0.25) is 0 Å². The first-order valence-corrected chi connectivity index (χ1v) is 8.12. The maximum Gasteiger partial charge on any atom is 0.261 e. The molecule has 116 valence electrons. The van der Waals surface area contributed by atoms with E-state index >= 15 is 0 Å². The van der Waals surface area contributed by atoms with Crippen LogP contribution in [-0.4, -0.2) is 49.6 Å². The number of thiophene rings is 1. The Labute approximate surface area is 129 Å². The number of carbonyl (C=O) groups excluding carboxylic acids is 2. The molecule has 0 radical (unpaired) electrons. The molecular weight excluding hydrogens is 288 g/mol. The summed E-state index contributed by atoms with van der Waals surface area (Å²) >= 11 is 1.43. The second-order valence-electron chi connectivity index (χ2n) is 5.25. The van der Waals surface area contributed by atoms with E-state index in [1.807, 2.05) is 19.9 Å². The van der Waals surface area contributed by atoms with Crippen LogP contribution >= 0.6 is 11.3 Å². The van der Waals surface area contributed by atoms with Crippen molar-refractivity contribution in [2.45, 2.75) is 20.3 Å². The van der Waals surface area contributed by atoms with Crippen LogP contribution in [0.4, 0.5) is 0 Å². The standard InChI is InChI=1S/C15H22N2O3S/c1-3-17(9-12-6-7-20-10-12)14(18)8-16-15(19)13-5-4-11(2)21-13/h4-5,12H,3,6-10H2,1-2H3,(H,16,19)/t12-/m0/s1. The van der Waals surface area contributed by atoms with Gasteiger partial charge in [0.2, 0.25) is 5.91 Å². The Bertz CT molecular complexity index is 495. The van der Waals surface area contributed by atoms with Crippen LogP contribution in [0.3, 0.4) is 0 Å². The van der Waals surface area contributed by atoms with Gasteiger partial charge in [-0.05, 0) is 32.4 Å². The predicted molar refractivity (Wildman–Crippen MR) is 82.6 cm³/mol. The largest absolute Gasteiger partial charge is 0.381 e. The van der Waals surface area contributed by atoms with Crippen molar-refractivity contribution in [1.29, 1.82) is 0 Å². The van der Waals surface area contributed by atoms with Gasteiger partial charge in [-0.3, -0.25) is 9.59 Å². The van der Waals surface area contributed by atoms with Gasteiger partial charge >= 0.3 is 0 Å². The van der Waals surface area contributed by atoms with E-state index in [-0.39, 0.29) is 18.4 Å². The highest BCUT2D eigenvalue weighted by Gasteiger charge is 2.21. The van der Waals surface area contributed by atoms with Crippen molar-refractivity contribution in [1.82, 2.24) is 10.2 Å². The summed E-state index contributed by atoms with van der Waals surface area (Å²) in [6, 6.07) is 3.69. The van der Waals surface area contributed by atoms with E-state index in [0.717, 1.165) is 24.5 Å². The predicted octanol–water partition coefficient (Wildman–Crippen LogP) is 1.67. The van der Waals surface area contributed by atoms with Crippen molar-refractivity contribution >= 4 is 23.2 Å². The lowest BCUT2D eigenvalue weighted by Gasteiger charge is -2.23. The molecule has 1 aliphatic heterocycles. The molecule has 0 aromatic carbocycles. The van der Waals surface area contributed by atoms with Crippen molar-refractivity contribution in [3.63, 3.8) is 0 Å². The molecular formula is C15H22N2O3S. The minimum absolute atomic E-state index is 0.0361. The molecule has 1 atom stereocenters. The lowest BCUT2D eigenvalue weighted by Crippen LogP contribution is -2.42. The van der Waals surface area contributed by atoms with Crippen LogP contribution in [0.5, 0.6) is 0 Å². The van der Waals surface area contributed by atoms with E-state index in [1.54, 1.807) is 11.0 Å². The van der Waals surface area contributed by atoms with Crippen molar-refractivity contribution in [3.8, 4) is 0 Å². The normalized spacial score (nSPS) is 17.7. The molecule has 1 aromatic heterocycles. The zero-order valence-electron chi connectivity index (χ0n) is 12.6. The van der Waals surface area contributed by atoms with Crippen LogP contribution in [0.15, 0.2) is 12.1 Å². The minimum Gasteiger partial charge on any atom is -0.381 e. The van der Waals surface area contributed by atoms with Gasteiger partial charge in [0, 0.05) is 30.5 Å². The van der Waals surface area contributed by atoms with Crippen molar-refractivity contribution in [3.05, 3.63) is 21.9 Å². The molecule has 0 bridgehead atoms. The number of hydrogen-bond acceptors (Lipinski definition) is 4. The molecule has 2 rings (SSSR count). The first-order chi connectivity index (χ1) is 10.1. The third-order valence-corrected chi connectivity index (χ3v) is 4.60. The summed E-state index contributed by atoms with van der Waals surface area (Å²) in [5.74, 6) is 0.206. The van der Waals surface area contributed by atoms with Gasteiger partial charge in [-0.2, -0.15) is 0 Å². The summed E-state index contributed by atoms with van der Waals surface area (Å²) in [6.45, 7) is 6.84. The van der Waals surface area contributed by atoms with E-state index < -0.39 is 0 Å². The monoisotopic (exact) mass is 310 g/mol. The minimum atomic E-state index is -0.179. The Morgan fingerprint density at radius 2 is 2.29 bits per heavy atom. The second-order valence-corrected chi connectivity index (χ2v) is 6.54. The molecule has 0 aliphatic carbocycles. The highest BCUT2D eigenvalue weighted by Crippen LogP contribution is 2.15. The Morgan fingerprint density at radius 1 is 1.48 bits per heavy atom. The summed E-state index contributed by atoms with van der Waals surface area (Å²) in [5.41, 5.74) is 0. The maximum absolute atomic E-state index is 12.2. The number of amides is 2. The summed E-state index contributed by atoms with van der Waals surface area (Å²) in [5, 5.41) is 2.70. The van der Waals surface area contributed by atoms with Gasteiger partial charge in [0.15, 0.2) is 0 Å². The molecule has 2 heterocycles. The fourth-order valence-corrected chi connectivity index (χ4v) is 3.14. The quantitative estimate of drug-likeness (QED) is 0.869. The Hall–Kier alpha value is -1.40. The number of carbonyl (C=O) groups is 2. The Balaban J connectivity index is 1.80. The number of hydrogen-bond donors (Lipinski definition) is 1. The molecule has 1 saturated heterocycles. The lowest BCUT2D eigenvalue weighted by molar-refractivity contribution is -0.130.